The third-order valence-electron chi connectivity index (χ3n) is 5.94. The number of rotatable bonds is 6. The summed E-state index contributed by atoms with van der Waals surface area (Å²) in [7, 11) is 0. The van der Waals surface area contributed by atoms with Crippen molar-refractivity contribution in [3.05, 3.63) is 36.0 Å². The molecule has 0 N–H and O–H groups in total. The molecule has 130 valence electrons. The van der Waals surface area contributed by atoms with Crippen molar-refractivity contribution < 1.29 is 8.78 Å². The molecule has 23 heavy (non-hydrogen) atoms. The van der Waals surface area contributed by atoms with Crippen LogP contribution in [0, 0.1) is 17.8 Å². The van der Waals surface area contributed by atoms with Gasteiger partial charge < -0.3 is 0 Å². The van der Waals surface area contributed by atoms with Crippen LogP contribution < -0.4 is 0 Å². The fourth-order valence-corrected chi connectivity index (χ4v) is 4.38. The molecule has 2 fully saturated rings. The zero-order chi connectivity index (χ0) is 16.8. The van der Waals surface area contributed by atoms with Crippen LogP contribution in [0.3, 0.4) is 0 Å². The summed E-state index contributed by atoms with van der Waals surface area (Å²) < 4.78 is 27.4. The minimum Gasteiger partial charge on any atom is -0.203 e. The van der Waals surface area contributed by atoms with E-state index in [2.05, 4.69) is 13.2 Å². The minimum absolute atomic E-state index is 0.136. The molecule has 2 saturated carbocycles. The van der Waals surface area contributed by atoms with Crippen molar-refractivity contribution in [1.29, 1.82) is 0 Å². The highest BCUT2D eigenvalue weighted by Gasteiger charge is 2.28. The van der Waals surface area contributed by atoms with E-state index in [1.54, 1.807) is 0 Å². The van der Waals surface area contributed by atoms with E-state index in [-0.39, 0.29) is 5.57 Å². The van der Waals surface area contributed by atoms with Crippen LogP contribution in [-0.2, 0) is 0 Å². The fraction of sp³-hybridized carbons (Fsp3) is 0.714. The third-order valence-corrected chi connectivity index (χ3v) is 5.94. The maximum atomic E-state index is 13.8. The van der Waals surface area contributed by atoms with Gasteiger partial charge in [0, 0.05) is 0 Å². The first-order valence-corrected chi connectivity index (χ1v) is 9.38. The Morgan fingerprint density at radius 3 is 1.96 bits per heavy atom. The largest absolute Gasteiger partial charge is 0.203 e. The van der Waals surface area contributed by atoms with Crippen molar-refractivity contribution in [2.45, 2.75) is 77.6 Å². The molecule has 2 rings (SSSR count). The van der Waals surface area contributed by atoms with Gasteiger partial charge in [-0.05, 0) is 61.5 Å². The first kappa shape index (κ1) is 18.4. The standard InChI is InChI=1S/C21H32F2/c1-15(2)20(22)21(23)16(3)9-10-17-11-13-19(14-12-17)18-7-5-4-6-8-18/h17-19H,1,3-14H2,2H3/b21-20-. The summed E-state index contributed by atoms with van der Waals surface area (Å²) >= 11 is 0. The molecule has 0 aromatic rings. The lowest BCUT2D eigenvalue weighted by Gasteiger charge is -2.36. The second-order valence-electron chi connectivity index (χ2n) is 7.73. The Kier molecular flexibility index (Phi) is 7.05. The van der Waals surface area contributed by atoms with Crippen LogP contribution in [0.4, 0.5) is 8.78 Å². The molecule has 0 aromatic carbocycles. The number of halogens is 2. The lowest BCUT2D eigenvalue weighted by molar-refractivity contribution is 0.163. The van der Waals surface area contributed by atoms with Crippen molar-refractivity contribution >= 4 is 0 Å². The van der Waals surface area contributed by atoms with Crippen molar-refractivity contribution in [3.8, 4) is 0 Å². The summed E-state index contributed by atoms with van der Waals surface area (Å²) in [5, 5.41) is 0. The Morgan fingerprint density at radius 2 is 1.39 bits per heavy atom. The normalized spacial score (nSPS) is 27.4. The second kappa shape index (κ2) is 8.80. The molecule has 0 radical (unpaired) electrons. The molecular weight excluding hydrogens is 290 g/mol. The summed E-state index contributed by atoms with van der Waals surface area (Å²) in [6.45, 7) is 8.64. The van der Waals surface area contributed by atoms with E-state index in [1.165, 1.54) is 64.7 Å². The summed E-state index contributed by atoms with van der Waals surface area (Å²) in [6.07, 6.45) is 13.8. The molecule has 2 heteroatoms. The predicted molar refractivity (Wildman–Crippen MR) is 94.5 cm³/mol. The van der Waals surface area contributed by atoms with Gasteiger partial charge in [-0.25, -0.2) is 8.78 Å². The Bertz CT molecular complexity index is 446. The van der Waals surface area contributed by atoms with E-state index in [1.807, 2.05) is 0 Å². The van der Waals surface area contributed by atoms with E-state index in [0.29, 0.717) is 17.9 Å². The molecule has 0 saturated heterocycles. The third kappa shape index (κ3) is 5.29. The van der Waals surface area contributed by atoms with E-state index < -0.39 is 11.7 Å². The Labute approximate surface area is 140 Å². The fourth-order valence-electron chi connectivity index (χ4n) is 4.38. The highest BCUT2D eigenvalue weighted by Crippen LogP contribution is 2.41. The first-order valence-electron chi connectivity index (χ1n) is 9.38. The van der Waals surface area contributed by atoms with Crippen molar-refractivity contribution in [1.82, 2.24) is 0 Å². The number of hydrogen-bond donors (Lipinski definition) is 0. The van der Waals surface area contributed by atoms with Crippen molar-refractivity contribution in [3.63, 3.8) is 0 Å². The van der Waals surface area contributed by atoms with E-state index >= 15 is 0 Å². The van der Waals surface area contributed by atoms with Gasteiger partial charge in [-0.1, -0.05) is 58.1 Å². The average molecular weight is 322 g/mol. The summed E-state index contributed by atoms with van der Waals surface area (Å²) in [5.41, 5.74) is 0.427. The average Bonchev–Trinajstić information content (AvgIpc) is 2.59. The first-order chi connectivity index (χ1) is 11.0. The van der Waals surface area contributed by atoms with Gasteiger partial charge in [0.1, 0.15) is 0 Å². The molecule has 0 atom stereocenters. The summed E-state index contributed by atoms with van der Waals surface area (Å²) in [6, 6.07) is 0. The van der Waals surface area contributed by atoms with Gasteiger partial charge in [-0.15, -0.1) is 0 Å². The highest BCUT2D eigenvalue weighted by molar-refractivity contribution is 5.33. The van der Waals surface area contributed by atoms with Crippen LogP contribution in [0.1, 0.15) is 77.6 Å². The second-order valence-corrected chi connectivity index (χ2v) is 7.73. The van der Waals surface area contributed by atoms with Gasteiger partial charge in [0.2, 0.25) is 0 Å². The lowest BCUT2D eigenvalue weighted by Crippen LogP contribution is -2.23. The van der Waals surface area contributed by atoms with Crippen LogP contribution in [0.25, 0.3) is 0 Å². The predicted octanol–water partition coefficient (Wildman–Crippen LogP) is 7.44. The van der Waals surface area contributed by atoms with Crippen molar-refractivity contribution in [2.75, 3.05) is 0 Å². The Morgan fingerprint density at radius 1 is 0.826 bits per heavy atom. The van der Waals surface area contributed by atoms with Gasteiger partial charge in [0.25, 0.3) is 0 Å². The molecular formula is C21H32F2. The highest BCUT2D eigenvalue weighted by atomic mass is 19.2. The molecule has 0 amide bonds. The van der Waals surface area contributed by atoms with Gasteiger partial charge in [-0.3, -0.25) is 0 Å². The van der Waals surface area contributed by atoms with Crippen LogP contribution in [0.15, 0.2) is 36.0 Å². The Balaban J connectivity index is 1.73. The quantitative estimate of drug-likeness (QED) is 0.446. The van der Waals surface area contributed by atoms with Crippen LogP contribution in [-0.4, -0.2) is 0 Å². The summed E-state index contributed by atoms with van der Waals surface area (Å²) in [5.74, 6) is 0.911. The zero-order valence-corrected chi connectivity index (χ0v) is 14.7. The molecule has 2 aliphatic rings. The van der Waals surface area contributed by atoms with E-state index in [9.17, 15) is 8.78 Å². The summed E-state index contributed by atoms with van der Waals surface area (Å²) in [4.78, 5) is 0. The van der Waals surface area contributed by atoms with Crippen LogP contribution in [0.5, 0.6) is 0 Å². The molecule has 0 bridgehead atoms. The van der Waals surface area contributed by atoms with Crippen molar-refractivity contribution in [2.24, 2.45) is 17.8 Å². The van der Waals surface area contributed by atoms with Gasteiger partial charge in [0.15, 0.2) is 11.7 Å². The van der Waals surface area contributed by atoms with Crippen LogP contribution in [0.2, 0.25) is 0 Å². The molecule has 0 heterocycles. The number of allylic oxidation sites excluding steroid dienone is 4. The van der Waals surface area contributed by atoms with Gasteiger partial charge >= 0.3 is 0 Å². The maximum absolute atomic E-state index is 13.8. The molecule has 0 unspecified atom stereocenters. The lowest BCUT2D eigenvalue weighted by atomic mass is 9.70. The van der Waals surface area contributed by atoms with Crippen LogP contribution >= 0.6 is 0 Å². The minimum atomic E-state index is -0.837. The monoisotopic (exact) mass is 322 g/mol. The molecule has 0 nitrogen and oxygen atoms in total. The molecule has 2 aliphatic carbocycles. The van der Waals surface area contributed by atoms with E-state index in [4.69, 9.17) is 0 Å². The molecule has 0 spiro atoms. The maximum Gasteiger partial charge on any atom is 0.161 e. The molecule has 0 aromatic heterocycles. The molecule has 0 aliphatic heterocycles. The van der Waals surface area contributed by atoms with Gasteiger partial charge in [-0.2, -0.15) is 0 Å². The van der Waals surface area contributed by atoms with Gasteiger partial charge in [0.05, 0.1) is 0 Å². The van der Waals surface area contributed by atoms with E-state index in [0.717, 1.165) is 18.3 Å². The smallest absolute Gasteiger partial charge is 0.161 e. The Hall–Kier alpha value is -0.920. The SMILES string of the molecule is C=C(C)/C(F)=C(/F)C(=C)CCC1CCC(C2CCCCC2)CC1. The zero-order valence-electron chi connectivity index (χ0n) is 14.7. The number of hydrogen-bond acceptors (Lipinski definition) is 0. The topological polar surface area (TPSA) is 0 Å².